The van der Waals surface area contributed by atoms with Gasteiger partial charge in [-0.3, -0.25) is 0 Å². The van der Waals surface area contributed by atoms with Crippen molar-refractivity contribution in [3.8, 4) is 0 Å². The van der Waals surface area contributed by atoms with Crippen LogP contribution >= 0.6 is 0 Å². The first-order valence-corrected chi connectivity index (χ1v) is 3.82. The molecule has 0 fully saturated rings. The summed E-state index contributed by atoms with van der Waals surface area (Å²) in [7, 11) is 0. The molecule has 1 heterocycles. The maximum Gasteiger partial charge on any atom is 0.0506 e. The molecule has 0 aliphatic carbocycles. The van der Waals surface area contributed by atoms with Crippen LogP contribution in [0.25, 0.3) is 0 Å². The van der Waals surface area contributed by atoms with Crippen LogP contribution in [0.4, 0.5) is 0 Å². The molecule has 0 unspecified atom stereocenters. The van der Waals surface area contributed by atoms with Gasteiger partial charge in [0.1, 0.15) is 0 Å². The summed E-state index contributed by atoms with van der Waals surface area (Å²) in [6.45, 7) is 5.51. The molecule has 0 spiro atoms. The standard InChI is InChI=1S/C9H14O/c1-2-9-5-3-4-7-10-8-6-9/h2,5H,1,3-4,6-8H2/b9-5-. The van der Waals surface area contributed by atoms with E-state index in [0.717, 1.165) is 32.5 Å². The van der Waals surface area contributed by atoms with Gasteiger partial charge in [-0.25, -0.2) is 0 Å². The molecule has 1 heteroatoms. The molecule has 1 aliphatic rings. The van der Waals surface area contributed by atoms with Crippen LogP contribution in [-0.4, -0.2) is 13.2 Å². The molecule has 0 amide bonds. The summed E-state index contributed by atoms with van der Waals surface area (Å²) in [5.41, 5.74) is 1.33. The van der Waals surface area contributed by atoms with E-state index in [0.29, 0.717) is 0 Å². The zero-order valence-corrected chi connectivity index (χ0v) is 6.31. The summed E-state index contributed by atoms with van der Waals surface area (Å²) in [5, 5.41) is 0. The van der Waals surface area contributed by atoms with Crippen LogP contribution in [0.2, 0.25) is 0 Å². The molecule has 0 N–H and O–H groups in total. The fourth-order valence-corrected chi connectivity index (χ4v) is 1.05. The zero-order valence-electron chi connectivity index (χ0n) is 6.31. The lowest BCUT2D eigenvalue weighted by Crippen LogP contribution is -2.00. The number of ether oxygens (including phenoxy) is 1. The minimum atomic E-state index is 0.859. The van der Waals surface area contributed by atoms with Crippen molar-refractivity contribution < 1.29 is 4.74 Å². The third-order valence-electron chi connectivity index (χ3n) is 1.70. The Bertz CT molecular complexity index is 136. The highest BCUT2D eigenvalue weighted by molar-refractivity contribution is 5.16. The van der Waals surface area contributed by atoms with Gasteiger partial charge in [0.05, 0.1) is 6.61 Å². The maximum atomic E-state index is 5.32. The minimum absolute atomic E-state index is 0.859. The second-order valence-electron chi connectivity index (χ2n) is 2.49. The van der Waals surface area contributed by atoms with Crippen LogP contribution in [-0.2, 0) is 4.74 Å². The molecule has 1 nitrogen and oxygen atoms in total. The van der Waals surface area contributed by atoms with Crippen molar-refractivity contribution in [2.24, 2.45) is 0 Å². The van der Waals surface area contributed by atoms with Gasteiger partial charge in [0.25, 0.3) is 0 Å². The Kier molecular flexibility index (Phi) is 3.23. The number of hydrogen-bond acceptors (Lipinski definition) is 1. The Hall–Kier alpha value is -0.560. The molecule has 0 radical (unpaired) electrons. The van der Waals surface area contributed by atoms with Gasteiger partial charge in [-0.05, 0) is 19.3 Å². The topological polar surface area (TPSA) is 9.23 Å². The van der Waals surface area contributed by atoms with Crippen molar-refractivity contribution in [1.29, 1.82) is 0 Å². The highest BCUT2D eigenvalue weighted by Gasteiger charge is 1.96. The normalized spacial score (nSPS) is 25.8. The summed E-state index contributed by atoms with van der Waals surface area (Å²) in [4.78, 5) is 0. The predicted molar refractivity (Wildman–Crippen MR) is 43.0 cm³/mol. The Morgan fingerprint density at radius 1 is 1.50 bits per heavy atom. The number of hydrogen-bond donors (Lipinski definition) is 0. The van der Waals surface area contributed by atoms with Crippen LogP contribution in [0.15, 0.2) is 24.3 Å². The van der Waals surface area contributed by atoms with E-state index in [1.54, 1.807) is 0 Å². The van der Waals surface area contributed by atoms with E-state index in [-0.39, 0.29) is 0 Å². The van der Waals surface area contributed by atoms with Crippen LogP contribution in [0.5, 0.6) is 0 Å². The molecule has 0 saturated carbocycles. The molecular weight excluding hydrogens is 124 g/mol. The molecule has 1 rings (SSSR count). The van der Waals surface area contributed by atoms with Gasteiger partial charge in [-0.1, -0.05) is 24.3 Å². The highest BCUT2D eigenvalue weighted by atomic mass is 16.5. The summed E-state index contributed by atoms with van der Waals surface area (Å²) < 4.78 is 5.32. The Morgan fingerprint density at radius 3 is 3.20 bits per heavy atom. The smallest absolute Gasteiger partial charge is 0.0506 e. The summed E-state index contributed by atoms with van der Waals surface area (Å²) in [6, 6.07) is 0. The molecule has 0 bridgehead atoms. The second kappa shape index (κ2) is 4.29. The summed E-state index contributed by atoms with van der Waals surface area (Å²) >= 11 is 0. The van der Waals surface area contributed by atoms with Gasteiger partial charge in [-0.2, -0.15) is 0 Å². The molecule has 0 atom stereocenters. The molecule has 0 aromatic rings. The van der Waals surface area contributed by atoms with Gasteiger partial charge in [0.2, 0.25) is 0 Å². The van der Waals surface area contributed by atoms with Crippen molar-refractivity contribution in [2.75, 3.05) is 13.2 Å². The Labute approximate surface area is 62.4 Å². The molecule has 0 aromatic carbocycles. The fourth-order valence-electron chi connectivity index (χ4n) is 1.05. The van der Waals surface area contributed by atoms with E-state index in [4.69, 9.17) is 4.74 Å². The Morgan fingerprint density at radius 2 is 2.40 bits per heavy atom. The monoisotopic (exact) mass is 138 g/mol. The van der Waals surface area contributed by atoms with Crippen molar-refractivity contribution in [1.82, 2.24) is 0 Å². The van der Waals surface area contributed by atoms with E-state index in [2.05, 4.69) is 12.7 Å². The minimum Gasteiger partial charge on any atom is -0.381 e. The van der Waals surface area contributed by atoms with Gasteiger partial charge >= 0.3 is 0 Å². The van der Waals surface area contributed by atoms with Crippen LogP contribution in [0, 0.1) is 0 Å². The molecule has 1 aliphatic heterocycles. The molecule has 0 aromatic heterocycles. The van der Waals surface area contributed by atoms with Gasteiger partial charge in [0.15, 0.2) is 0 Å². The van der Waals surface area contributed by atoms with Gasteiger partial charge < -0.3 is 4.74 Å². The van der Waals surface area contributed by atoms with Crippen molar-refractivity contribution in [3.05, 3.63) is 24.3 Å². The maximum absolute atomic E-state index is 5.32. The van der Waals surface area contributed by atoms with E-state index in [9.17, 15) is 0 Å². The largest absolute Gasteiger partial charge is 0.381 e. The summed E-state index contributed by atoms with van der Waals surface area (Å²) in [6.07, 6.45) is 7.51. The van der Waals surface area contributed by atoms with Gasteiger partial charge in [-0.15, -0.1) is 0 Å². The predicted octanol–water partition coefficient (Wildman–Crippen LogP) is 2.30. The molecule has 56 valence electrons. The second-order valence-corrected chi connectivity index (χ2v) is 2.49. The fraction of sp³-hybridized carbons (Fsp3) is 0.556. The molecule has 10 heavy (non-hydrogen) atoms. The quantitative estimate of drug-likeness (QED) is 0.540. The average molecular weight is 138 g/mol. The van der Waals surface area contributed by atoms with Crippen molar-refractivity contribution >= 4 is 0 Å². The first-order valence-electron chi connectivity index (χ1n) is 3.82. The third kappa shape index (κ3) is 2.36. The first-order chi connectivity index (χ1) is 4.93. The molecule has 0 saturated heterocycles. The van der Waals surface area contributed by atoms with E-state index < -0.39 is 0 Å². The lowest BCUT2D eigenvalue weighted by molar-refractivity contribution is 0.133. The van der Waals surface area contributed by atoms with Crippen LogP contribution in [0.1, 0.15) is 19.3 Å². The average Bonchev–Trinajstić information content (AvgIpc) is 1.87. The van der Waals surface area contributed by atoms with E-state index in [1.807, 2.05) is 6.08 Å². The molecular formula is C9H14O. The first kappa shape index (κ1) is 7.55. The summed E-state index contributed by atoms with van der Waals surface area (Å²) in [5.74, 6) is 0. The number of rotatable bonds is 1. The lowest BCUT2D eigenvalue weighted by atomic mass is 10.1. The number of allylic oxidation sites excluding steroid dienone is 2. The zero-order chi connectivity index (χ0) is 7.23. The Balaban J connectivity index is 2.43. The van der Waals surface area contributed by atoms with Crippen molar-refractivity contribution in [2.45, 2.75) is 19.3 Å². The van der Waals surface area contributed by atoms with E-state index in [1.165, 1.54) is 5.57 Å². The van der Waals surface area contributed by atoms with Crippen LogP contribution < -0.4 is 0 Å². The van der Waals surface area contributed by atoms with E-state index >= 15 is 0 Å². The highest BCUT2D eigenvalue weighted by Crippen LogP contribution is 2.08. The third-order valence-corrected chi connectivity index (χ3v) is 1.70. The van der Waals surface area contributed by atoms with Crippen LogP contribution in [0.3, 0.4) is 0 Å². The SMILES string of the molecule is C=C/C1=C/CCCOCC1. The van der Waals surface area contributed by atoms with Crippen molar-refractivity contribution in [3.63, 3.8) is 0 Å². The van der Waals surface area contributed by atoms with Gasteiger partial charge in [0, 0.05) is 6.61 Å². The lowest BCUT2D eigenvalue weighted by Gasteiger charge is -2.08.